The van der Waals surface area contributed by atoms with Gasteiger partial charge in [0, 0.05) is 11.6 Å². The first-order valence-corrected chi connectivity index (χ1v) is 5.88. The van der Waals surface area contributed by atoms with Gasteiger partial charge in [-0.3, -0.25) is 14.9 Å². The highest BCUT2D eigenvalue weighted by atomic mass is 79.9. The lowest BCUT2D eigenvalue weighted by atomic mass is 10.0. The number of nitrogens with zero attached hydrogens (tertiary/aromatic N) is 1. The van der Waals surface area contributed by atoms with Gasteiger partial charge in [0.1, 0.15) is 0 Å². The van der Waals surface area contributed by atoms with Crippen LogP contribution in [-0.2, 0) is 0 Å². The summed E-state index contributed by atoms with van der Waals surface area (Å²) >= 11 is 3.21. The van der Waals surface area contributed by atoms with Gasteiger partial charge in [-0.25, -0.2) is 0 Å². The Balaban J connectivity index is 3.12. The van der Waals surface area contributed by atoms with Gasteiger partial charge in [-0.1, -0.05) is 29.8 Å². The summed E-state index contributed by atoms with van der Waals surface area (Å²) in [5.74, 6) is -1.18. The van der Waals surface area contributed by atoms with Crippen LogP contribution in [0, 0.1) is 21.8 Å². The van der Waals surface area contributed by atoms with Gasteiger partial charge in [0.25, 0.3) is 0 Å². The Bertz CT molecular complexity index is 462. The molecule has 0 aromatic heterocycles. The van der Waals surface area contributed by atoms with E-state index in [0.29, 0.717) is 0 Å². The summed E-state index contributed by atoms with van der Waals surface area (Å²) < 4.78 is 13.1. The number of benzene rings is 1. The molecule has 1 unspecified atom stereocenters. The highest BCUT2D eigenvalue weighted by molar-refractivity contribution is 9.10. The van der Waals surface area contributed by atoms with Crippen molar-refractivity contribution in [2.45, 2.75) is 18.7 Å². The van der Waals surface area contributed by atoms with Crippen LogP contribution in [0.2, 0.25) is 0 Å². The maximum atomic E-state index is 13.1. The third kappa shape index (κ3) is 3.09. The lowest BCUT2D eigenvalue weighted by Crippen LogP contribution is -2.20. The van der Waals surface area contributed by atoms with E-state index in [9.17, 15) is 19.3 Å². The number of Topliss-reactive ketones (excluding diaryl/α,β-unsaturated/α-hetero) is 1. The molecule has 6 heteroatoms. The number of alkyl halides is 1. The maximum absolute atomic E-state index is 13.1. The number of hydrogen-bond donors (Lipinski definition) is 0. The molecule has 0 spiro atoms. The summed E-state index contributed by atoms with van der Waals surface area (Å²) in [6.07, 6.45) is 0. The second-order valence-corrected chi connectivity index (χ2v) is 4.92. The Hall–Kier alpha value is -1.30. The van der Waals surface area contributed by atoms with Gasteiger partial charge in [-0.2, -0.15) is 4.39 Å². The number of carbonyl (C=O) groups is 1. The van der Waals surface area contributed by atoms with Crippen molar-refractivity contribution in [2.24, 2.45) is 5.92 Å². The molecule has 1 aromatic carbocycles. The zero-order valence-electron chi connectivity index (χ0n) is 9.31. The third-order valence-electron chi connectivity index (χ3n) is 2.26. The molecule has 0 fully saturated rings. The van der Waals surface area contributed by atoms with Crippen LogP contribution in [0.4, 0.5) is 10.1 Å². The fraction of sp³-hybridized carbons (Fsp3) is 0.364. The van der Waals surface area contributed by atoms with Crippen LogP contribution in [0.1, 0.15) is 24.2 Å². The van der Waals surface area contributed by atoms with Crippen molar-refractivity contribution in [3.63, 3.8) is 0 Å². The van der Waals surface area contributed by atoms with Crippen molar-refractivity contribution in [1.82, 2.24) is 0 Å². The van der Waals surface area contributed by atoms with Crippen molar-refractivity contribution < 1.29 is 14.1 Å². The molecule has 0 aliphatic carbocycles. The van der Waals surface area contributed by atoms with Crippen molar-refractivity contribution in [2.75, 3.05) is 0 Å². The van der Waals surface area contributed by atoms with E-state index in [2.05, 4.69) is 15.9 Å². The van der Waals surface area contributed by atoms with Crippen LogP contribution < -0.4 is 0 Å². The van der Waals surface area contributed by atoms with Crippen LogP contribution >= 0.6 is 15.9 Å². The van der Waals surface area contributed by atoms with Crippen LogP contribution in [0.5, 0.6) is 0 Å². The molecule has 0 N–H and O–H groups in total. The second kappa shape index (κ2) is 5.35. The van der Waals surface area contributed by atoms with Crippen molar-refractivity contribution in [3.05, 3.63) is 39.7 Å². The molecule has 0 aliphatic heterocycles. The second-order valence-electron chi connectivity index (χ2n) is 3.93. The van der Waals surface area contributed by atoms with Gasteiger partial charge in [0.2, 0.25) is 5.82 Å². The average molecular weight is 304 g/mol. The Morgan fingerprint density at radius 1 is 1.47 bits per heavy atom. The minimum Gasteiger partial charge on any atom is -0.293 e. The van der Waals surface area contributed by atoms with Crippen LogP contribution in [0.25, 0.3) is 0 Å². The van der Waals surface area contributed by atoms with E-state index in [1.54, 1.807) is 0 Å². The molecule has 1 atom stereocenters. The largest absolute Gasteiger partial charge is 0.305 e. The Morgan fingerprint density at radius 2 is 2.06 bits per heavy atom. The van der Waals surface area contributed by atoms with Gasteiger partial charge in [-0.05, 0) is 18.1 Å². The molecule has 0 bridgehead atoms. The highest BCUT2D eigenvalue weighted by Gasteiger charge is 2.23. The molecule has 1 aromatic rings. The lowest BCUT2D eigenvalue weighted by molar-refractivity contribution is -0.387. The molecule has 92 valence electrons. The summed E-state index contributed by atoms with van der Waals surface area (Å²) in [7, 11) is 0. The lowest BCUT2D eigenvalue weighted by Gasteiger charge is -2.12. The number of nitro groups is 1. The number of carbonyl (C=O) groups excluding carboxylic acids is 1. The first-order valence-electron chi connectivity index (χ1n) is 4.96. The van der Waals surface area contributed by atoms with E-state index in [-0.39, 0.29) is 17.3 Å². The molecular weight excluding hydrogens is 293 g/mol. The number of nitro benzene ring substituents is 1. The predicted octanol–water partition coefficient (Wildman–Crippen LogP) is 3.34. The minimum atomic E-state index is -0.942. The van der Waals surface area contributed by atoms with Crippen LogP contribution in [-0.4, -0.2) is 15.5 Å². The van der Waals surface area contributed by atoms with Crippen molar-refractivity contribution >= 4 is 27.4 Å². The van der Waals surface area contributed by atoms with E-state index in [1.165, 1.54) is 6.07 Å². The fourth-order valence-electron chi connectivity index (χ4n) is 1.27. The quantitative estimate of drug-likeness (QED) is 0.371. The van der Waals surface area contributed by atoms with E-state index < -0.39 is 21.3 Å². The summed E-state index contributed by atoms with van der Waals surface area (Å²) in [5.41, 5.74) is -0.548. The molecule has 0 saturated carbocycles. The molecule has 4 nitrogen and oxygen atoms in total. The SMILES string of the molecule is CC(C)C(Br)C(=O)c1ccc(F)c([N+](=O)[O-])c1. The molecule has 0 radical (unpaired) electrons. The Labute approximate surface area is 106 Å². The monoisotopic (exact) mass is 303 g/mol. The molecule has 0 aliphatic rings. The zero-order valence-corrected chi connectivity index (χ0v) is 10.9. The van der Waals surface area contributed by atoms with Gasteiger partial charge in [-0.15, -0.1) is 0 Å². The van der Waals surface area contributed by atoms with E-state index in [4.69, 9.17) is 0 Å². The normalized spacial score (nSPS) is 12.5. The maximum Gasteiger partial charge on any atom is 0.305 e. The smallest absolute Gasteiger partial charge is 0.293 e. The third-order valence-corrected chi connectivity index (χ3v) is 3.74. The minimum absolute atomic E-state index is 0.0478. The van der Waals surface area contributed by atoms with Gasteiger partial charge >= 0.3 is 5.69 Å². The molecule has 17 heavy (non-hydrogen) atoms. The highest BCUT2D eigenvalue weighted by Crippen LogP contribution is 2.23. The molecule has 0 heterocycles. The first-order chi connectivity index (χ1) is 7.84. The van der Waals surface area contributed by atoms with E-state index in [0.717, 1.165) is 12.1 Å². The van der Waals surface area contributed by atoms with E-state index >= 15 is 0 Å². The molecule has 1 rings (SSSR count). The summed E-state index contributed by atoms with van der Waals surface area (Å²) in [4.78, 5) is 21.1. The fourth-order valence-corrected chi connectivity index (χ4v) is 1.53. The van der Waals surface area contributed by atoms with Gasteiger partial charge < -0.3 is 0 Å². The van der Waals surface area contributed by atoms with Crippen LogP contribution in [0.15, 0.2) is 18.2 Å². The predicted molar refractivity (Wildman–Crippen MR) is 64.9 cm³/mol. The topological polar surface area (TPSA) is 60.2 Å². The molecule has 0 saturated heterocycles. The van der Waals surface area contributed by atoms with Gasteiger partial charge in [0.05, 0.1) is 9.75 Å². The van der Waals surface area contributed by atoms with Gasteiger partial charge in [0.15, 0.2) is 5.78 Å². The van der Waals surface area contributed by atoms with Crippen molar-refractivity contribution in [3.8, 4) is 0 Å². The number of rotatable bonds is 4. The Kier molecular flexibility index (Phi) is 4.34. The average Bonchev–Trinajstić information content (AvgIpc) is 2.27. The summed E-state index contributed by atoms with van der Waals surface area (Å²) in [6, 6.07) is 3.15. The van der Waals surface area contributed by atoms with Crippen molar-refractivity contribution in [1.29, 1.82) is 0 Å². The summed E-state index contributed by atoms with van der Waals surface area (Å²) in [5, 5.41) is 10.5. The number of ketones is 1. The van der Waals surface area contributed by atoms with Crippen LogP contribution in [0.3, 0.4) is 0 Å². The Morgan fingerprint density at radius 3 is 2.53 bits per heavy atom. The standard InChI is InChI=1S/C11H11BrFNO3/c1-6(2)10(12)11(15)7-3-4-8(13)9(5-7)14(16)17/h3-6,10H,1-2H3. The number of halogens is 2. The molecule has 0 amide bonds. The summed E-state index contributed by atoms with van der Waals surface area (Å²) in [6.45, 7) is 3.69. The number of hydrogen-bond acceptors (Lipinski definition) is 3. The molecular formula is C11H11BrFNO3. The van der Waals surface area contributed by atoms with E-state index in [1.807, 2.05) is 13.8 Å². The first kappa shape index (κ1) is 13.8. The zero-order chi connectivity index (χ0) is 13.2.